The minimum Gasteiger partial charge on any atom is -0.332 e. The lowest BCUT2D eigenvalue weighted by Gasteiger charge is -1.83. The molecular formula is C7H11N3S. The molecule has 0 bridgehead atoms. The van der Waals surface area contributed by atoms with Crippen molar-refractivity contribution in [2.24, 2.45) is 4.99 Å². The molecule has 1 rings (SSSR count). The Balaban J connectivity index is 0.00000121. The molecule has 11 heavy (non-hydrogen) atoms. The van der Waals surface area contributed by atoms with E-state index in [1.807, 2.05) is 6.26 Å². The summed E-state index contributed by atoms with van der Waals surface area (Å²) in [6.45, 7) is 7.02. The van der Waals surface area contributed by atoms with Crippen LogP contribution >= 0.6 is 11.8 Å². The first-order chi connectivity index (χ1) is 5.31. The number of nitrogens with zero attached hydrogens (tertiary/aromatic N) is 2. The SMILES string of the molecule is C=Cc1[nH]c(SC)nc1N=C.[HH]. The monoisotopic (exact) mass is 169 g/mol. The molecule has 0 aliphatic rings. The number of hydrogen-bond donors (Lipinski definition) is 1. The second-order valence-corrected chi connectivity index (χ2v) is 2.64. The Morgan fingerprint density at radius 1 is 1.82 bits per heavy atom. The normalized spacial score (nSPS) is 9.55. The zero-order chi connectivity index (χ0) is 8.27. The Hall–Kier alpha value is -1.03. The van der Waals surface area contributed by atoms with E-state index >= 15 is 0 Å². The van der Waals surface area contributed by atoms with Crippen LogP contribution < -0.4 is 0 Å². The quantitative estimate of drug-likeness (QED) is 0.557. The van der Waals surface area contributed by atoms with Crippen LogP contribution in [0.2, 0.25) is 0 Å². The Labute approximate surface area is 71.1 Å². The van der Waals surface area contributed by atoms with Gasteiger partial charge in [0.2, 0.25) is 0 Å². The van der Waals surface area contributed by atoms with Crippen LogP contribution in [0.25, 0.3) is 6.08 Å². The summed E-state index contributed by atoms with van der Waals surface area (Å²) in [7, 11) is 0. The van der Waals surface area contributed by atoms with Crippen LogP contribution in [0.5, 0.6) is 0 Å². The summed E-state index contributed by atoms with van der Waals surface area (Å²) in [4.78, 5) is 10.9. The van der Waals surface area contributed by atoms with Crippen LogP contribution in [-0.4, -0.2) is 22.9 Å². The van der Waals surface area contributed by atoms with Crippen molar-refractivity contribution in [3.05, 3.63) is 12.3 Å². The minimum absolute atomic E-state index is 0. The van der Waals surface area contributed by atoms with Gasteiger partial charge < -0.3 is 4.98 Å². The average molecular weight is 169 g/mol. The molecule has 0 unspecified atom stereocenters. The Kier molecular flexibility index (Phi) is 2.48. The molecule has 0 amide bonds. The highest BCUT2D eigenvalue weighted by Gasteiger charge is 2.03. The maximum atomic E-state index is 4.12. The lowest BCUT2D eigenvalue weighted by Crippen LogP contribution is -1.70. The van der Waals surface area contributed by atoms with Crippen molar-refractivity contribution in [2.75, 3.05) is 6.26 Å². The topological polar surface area (TPSA) is 41.0 Å². The number of aromatic nitrogens is 2. The molecule has 0 saturated heterocycles. The number of aliphatic imine (C=N–C) groups is 1. The van der Waals surface area contributed by atoms with Crippen molar-refractivity contribution in [1.29, 1.82) is 0 Å². The van der Waals surface area contributed by atoms with Gasteiger partial charge in [-0.15, -0.1) is 0 Å². The van der Waals surface area contributed by atoms with Crippen LogP contribution in [0.4, 0.5) is 5.82 Å². The third kappa shape index (κ3) is 1.51. The highest BCUT2D eigenvalue weighted by Crippen LogP contribution is 2.20. The second-order valence-electron chi connectivity index (χ2n) is 1.85. The first-order valence-corrected chi connectivity index (χ1v) is 4.27. The third-order valence-electron chi connectivity index (χ3n) is 1.24. The summed E-state index contributed by atoms with van der Waals surface area (Å²) in [5, 5.41) is 0.835. The summed E-state index contributed by atoms with van der Waals surface area (Å²) < 4.78 is 0. The zero-order valence-corrected chi connectivity index (χ0v) is 7.11. The number of H-pyrrole nitrogens is 1. The zero-order valence-electron chi connectivity index (χ0n) is 6.29. The van der Waals surface area contributed by atoms with Gasteiger partial charge in [-0.2, -0.15) is 0 Å². The van der Waals surface area contributed by atoms with E-state index in [1.54, 1.807) is 6.08 Å². The van der Waals surface area contributed by atoms with E-state index in [0.29, 0.717) is 5.82 Å². The van der Waals surface area contributed by atoms with Gasteiger partial charge in [0.05, 0.1) is 5.69 Å². The summed E-state index contributed by atoms with van der Waals surface area (Å²) in [5.41, 5.74) is 0.823. The molecule has 0 fully saturated rings. The van der Waals surface area contributed by atoms with Gasteiger partial charge in [0, 0.05) is 1.43 Å². The van der Waals surface area contributed by atoms with Gasteiger partial charge in [0.15, 0.2) is 11.0 Å². The predicted octanol–water partition coefficient (Wildman–Crippen LogP) is 2.35. The number of rotatable bonds is 3. The van der Waals surface area contributed by atoms with E-state index in [1.165, 1.54) is 11.8 Å². The molecule has 0 spiro atoms. The summed E-state index contributed by atoms with van der Waals surface area (Å²) in [5.74, 6) is 0.615. The van der Waals surface area contributed by atoms with Crippen molar-refractivity contribution in [1.82, 2.24) is 9.97 Å². The minimum atomic E-state index is 0. The fraction of sp³-hybridized carbons (Fsp3) is 0.143. The molecular weight excluding hydrogens is 158 g/mol. The van der Waals surface area contributed by atoms with Crippen LogP contribution in [-0.2, 0) is 0 Å². The Morgan fingerprint density at radius 2 is 2.55 bits per heavy atom. The average Bonchev–Trinajstić information content (AvgIpc) is 2.46. The summed E-state index contributed by atoms with van der Waals surface area (Å²) >= 11 is 1.53. The Bertz CT molecular complexity index is 257. The number of nitrogens with one attached hydrogen (secondary N) is 1. The predicted molar refractivity (Wildman–Crippen MR) is 51.8 cm³/mol. The first kappa shape index (κ1) is 8.07. The van der Waals surface area contributed by atoms with Gasteiger partial charge in [-0.05, 0) is 19.0 Å². The van der Waals surface area contributed by atoms with E-state index in [-0.39, 0.29) is 1.43 Å². The smallest absolute Gasteiger partial charge is 0.178 e. The van der Waals surface area contributed by atoms with Crippen LogP contribution in [0.3, 0.4) is 0 Å². The number of aromatic amines is 1. The van der Waals surface area contributed by atoms with E-state index in [9.17, 15) is 0 Å². The van der Waals surface area contributed by atoms with Crippen molar-refractivity contribution in [3.8, 4) is 0 Å². The van der Waals surface area contributed by atoms with Gasteiger partial charge in [0.25, 0.3) is 0 Å². The van der Waals surface area contributed by atoms with Crippen molar-refractivity contribution in [2.45, 2.75) is 5.16 Å². The highest BCUT2D eigenvalue weighted by molar-refractivity contribution is 7.98. The number of hydrogen-bond acceptors (Lipinski definition) is 3. The van der Waals surface area contributed by atoms with Gasteiger partial charge in [-0.25, -0.2) is 9.98 Å². The van der Waals surface area contributed by atoms with Crippen molar-refractivity contribution in [3.63, 3.8) is 0 Å². The van der Waals surface area contributed by atoms with Gasteiger partial charge in [-0.3, -0.25) is 0 Å². The molecule has 1 N–H and O–H groups in total. The molecule has 0 saturated carbocycles. The van der Waals surface area contributed by atoms with E-state index in [2.05, 4.69) is 28.3 Å². The maximum absolute atomic E-state index is 4.12. The van der Waals surface area contributed by atoms with Gasteiger partial charge >= 0.3 is 0 Å². The molecule has 60 valence electrons. The molecule has 0 atom stereocenters. The molecule has 0 aliphatic heterocycles. The first-order valence-electron chi connectivity index (χ1n) is 3.05. The fourth-order valence-corrected chi connectivity index (χ4v) is 1.10. The molecule has 0 aromatic carbocycles. The summed E-state index contributed by atoms with van der Waals surface area (Å²) in [6.07, 6.45) is 3.62. The molecule has 1 heterocycles. The molecule has 3 nitrogen and oxygen atoms in total. The molecule has 0 aliphatic carbocycles. The highest BCUT2D eigenvalue weighted by atomic mass is 32.2. The van der Waals surface area contributed by atoms with Gasteiger partial charge in [-0.1, -0.05) is 18.3 Å². The largest absolute Gasteiger partial charge is 0.332 e. The van der Waals surface area contributed by atoms with Crippen LogP contribution in [0.1, 0.15) is 7.12 Å². The number of imidazole rings is 1. The molecule has 1 aromatic heterocycles. The Morgan fingerprint density at radius 3 is 2.91 bits per heavy atom. The van der Waals surface area contributed by atoms with Crippen LogP contribution in [0.15, 0.2) is 16.7 Å². The number of thioether (sulfide) groups is 1. The lowest BCUT2D eigenvalue weighted by molar-refractivity contribution is 1.06. The standard InChI is InChI=1S/C7H9N3S.H2/c1-4-5-6(8-2)10-7(9-5)11-3;/h4H,1-2H2,3H3,(H,9,10);1H. The molecule has 1 aromatic rings. The van der Waals surface area contributed by atoms with E-state index < -0.39 is 0 Å². The van der Waals surface area contributed by atoms with Crippen LogP contribution in [0, 0.1) is 0 Å². The van der Waals surface area contributed by atoms with Crippen molar-refractivity contribution >= 4 is 30.4 Å². The third-order valence-corrected chi connectivity index (χ3v) is 1.82. The molecule has 4 heteroatoms. The second kappa shape index (κ2) is 3.39. The van der Waals surface area contributed by atoms with E-state index in [4.69, 9.17) is 0 Å². The lowest BCUT2D eigenvalue weighted by atomic mass is 10.4. The maximum Gasteiger partial charge on any atom is 0.178 e. The summed E-state index contributed by atoms with van der Waals surface area (Å²) in [6, 6.07) is 0. The molecule has 0 radical (unpaired) electrons. The van der Waals surface area contributed by atoms with Crippen molar-refractivity contribution < 1.29 is 1.43 Å². The van der Waals surface area contributed by atoms with E-state index in [0.717, 1.165) is 10.9 Å². The van der Waals surface area contributed by atoms with Gasteiger partial charge in [0.1, 0.15) is 0 Å². The fourth-order valence-electron chi connectivity index (χ4n) is 0.715.